The number of benzene rings is 3. The average Bonchev–Trinajstić information content (AvgIpc) is 3.13. The molecule has 0 saturated carbocycles. The smallest absolute Gasteiger partial charge is 0.271 e. The second-order valence-electron chi connectivity index (χ2n) is 6.78. The van der Waals surface area contributed by atoms with Crippen molar-refractivity contribution in [2.45, 2.75) is 0 Å². The minimum absolute atomic E-state index is 0.148. The van der Waals surface area contributed by atoms with Crippen LogP contribution >= 0.6 is 11.8 Å². The topological polar surface area (TPSA) is 60.4 Å². The fraction of sp³-hybridized carbons (Fsp3) is 0.120. The highest BCUT2D eigenvalue weighted by atomic mass is 32.2. The van der Waals surface area contributed by atoms with Crippen molar-refractivity contribution >= 4 is 40.3 Å². The summed E-state index contributed by atoms with van der Waals surface area (Å²) in [5.74, 6) is 1.39. The number of methoxy groups -OCH3 is 3. The van der Waals surface area contributed by atoms with Gasteiger partial charge in [-0.15, -0.1) is 0 Å². The van der Waals surface area contributed by atoms with E-state index < -0.39 is 0 Å². The van der Waals surface area contributed by atoms with E-state index in [1.54, 1.807) is 44.4 Å². The van der Waals surface area contributed by atoms with E-state index in [0.717, 1.165) is 16.9 Å². The Morgan fingerprint density at radius 2 is 1.44 bits per heavy atom. The molecule has 1 amide bonds. The third-order valence-electron chi connectivity index (χ3n) is 4.79. The monoisotopic (exact) mass is 446 g/mol. The van der Waals surface area contributed by atoms with Crippen LogP contribution in [0.15, 0.2) is 82.7 Å². The molecule has 0 aromatic heterocycles. The van der Waals surface area contributed by atoms with Crippen LogP contribution in [0.4, 0.5) is 11.4 Å². The molecule has 0 N–H and O–H groups in total. The fourth-order valence-electron chi connectivity index (χ4n) is 3.30. The standard InChI is InChI=1S/C25H22N2O4S/c1-29-20-14-17(15-21(30-2)23(20)31-3)16-22-24(28)27(19-12-8-5-9-13-19)25(32-22)26-18-10-6-4-7-11-18/h4-16H,1-3H3/b22-16+,26-25?. The number of para-hydroxylation sites is 2. The van der Waals surface area contributed by atoms with Crippen LogP contribution in [0.2, 0.25) is 0 Å². The maximum atomic E-state index is 13.4. The van der Waals surface area contributed by atoms with Gasteiger partial charge in [0.05, 0.1) is 37.6 Å². The zero-order chi connectivity index (χ0) is 22.5. The Morgan fingerprint density at radius 3 is 2.00 bits per heavy atom. The first kappa shape index (κ1) is 21.5. The lowest BCUT2D eigenvalue weighted by Crippen LogP contribution is -2.28. The summed E-state index contributed by atoms with van der Waals surface area (Å²) in [6.07, 6.45) is 1.81. The second kappa shape index (κ2) is 9.62. The van der Waals surface area contributed by atoms with Crippen LogP contribution in [0.1, 0.15) is 5.56 Å². The molecule has 3 aromatic rings. The van der Waals surface area contributed by atoms with Crippen LogP contribution in [-0.4, -0.2) is 32.4 Å². The van der Waals surface area contributed by atoms with Crippen molar-refractivity contribution in [3.8, 4) is 17.2 Å². The third kappa shape index (κ3) is 4.33. The molecule has 162 valence electrons. The van der Waals surface area contributed by atoms with Crippen molar-refractivity contribution in [2.24, 2.45) is 4.99 Å². The summed E-state index contributed by atoms with van der Waals surface area (Å²) in [5, 5.41) is 0.589. The first-order valence-corrected chi connectivity index (χ1v) is 10.7. The van der Waals surface area contributed by atoms with Gasteiger partial charge in [-0.1, -0.05) is 36.4 Å². The number of nitrogens with zero attached hydrogens (tertiary/aromatic N) is 2. The van der Waals surface area contributed by atoms with Crippen LogP contribution in [0.5, 0.6) is 17.2 Å². The maximum absolute atomic E-state index is 13.4. The normalized spacial score (nSPS) is 16.0. The van der Waals surface area contributed by atoms with E-state index in [9.17, 15) is 4.79 Å². The van der Waals surface area contributed by atoms with Gasteiger partial charge in [0, 0.05) is 0 Å². The highest BCUT2D eigenvalue weighted by molar-refractivity contribution is 8.19. The number of rotatable bonds is 6. The largest absolute Gasteiger partial charge is 0.493 e. The Hall–Kier alpha value is -3.71. The summed E-state index contributed by atoms with van der Waals surface area (Å²) in [7, 11) is 4.68. The van der Waals surface area contributed by atoms with Crippen molar-refractivity contribution in [3.05, 3.63) is 83.3 Å². The van der Waals surface area contributed by atoms with Gasteiger partial charge in [-0.25, -0.2) is 4.99 Å². The molecule has 32 heavy (non-hydrogen) atoms. The van der Waals surface area contributed by atoms with Gasteiger partial charge in [-0.2, -0.15) is 0 Å². The number of aliphatic imine (C=N–C) groups is 1. The molecule has 0 atom stereocenters. The Labute approximate surface area is 191 Å². The molecule has 0 unspecified atom stereocenters. The number of hydrogen-bond acceptors (Lipinski definition) is 6. The molecule has 6 nitrogen and oxygen atoms in total. The van der Waals surface area contributed by atoms with E-state index >= 15 is 0 Å². The molecular weight excluding hydrogens is 424 g/mol. The Balaban J connectivity index is 1.78. The number of thioether (sulfide) groups is 1. The van der Waals surface area contributed by atoms with Gasteiger partial charge in [0.15, 0.2) is 16.7 Å². The SMILES string of the molecule is COc1cc(/C=C2/SC(=Nc3ccccc3)N(c3ccccc3)C2=O)cc(OC)c1OC. The van der Waals surface area contributed by atoms with Crippen LogP contribution < -0.4 is 19.1 Å². The lowest BCUT2D eigenvalue weighted by atomic mass is 10.1. The lowest BCUT2D eigenvalue weighted by Gasteiger charge is -2.15. The molecule has 1 aliphatic heterocycles. The van der Waals surface area contributed by atoms with Crippen molar-refractivity contribution in [1.29, 1.82) is 0 Å². The number of hydrogen-bond donors (Lipinski definition) is 0. The van der Waals surface area contributed by atoms with E-state index in [2.05, 4.69) is 0 Å². The summed E-state index contributed by atoms with van der Waals surface area (Å²) in [5.41, 5.74) is 2.29. The molecule has 1 heterocycles. The number of amidine groups is 1. The van der Waals surface area contributed by atoms with Gasteiger partial charge in [0.25, 0.3) is 5.91 Å². The third-order valence-corrected chi connectivity index (χ3v) is 5.76. The molecule has 0 spiro atoms. The van der Waals surface area contributed by atoms with Gasteiger partial charge in [-0.3, -0.25) is 9.69 Å². The molecule has 0 radical (unpaired) electrons. The number of carbonyl (C=O) groups is 1. The Bertz CT molecular complexity index is 1150. The summed E-state index contributed by atoms with van der Waals surface area (Å²) in [4.78, 5) is 20.3. The molecule has 1 fully saturated rings. The van der Waals surface area contributed by atoms with Gasteiger partial charge in [0.1, 0.15) is 0 Å². The minimum Gasteiger partial charge on any atom is -0.493 e. The van der Waals surface area contributed by atoms with Crippen LogP contribution in [0.3, 0.4) is 0 Å². The summed E-state index contributed by atoms with van der Waals surface area (Å²) >= 11 is 1.32. The van der Waals surface area contributed by atoms with Crippen molar-refractivity contribution in [3.63, 3.8) is 0 Å². The van der Waals surface area contributed by atoms with E-state index in [1.807, 2.05) is 60.7 Å². The first-order valence-electron chi connectivity index (χ1n) is 9.87. The molecule has 1 aliphatic rings. The minimum atomic E-state index is -0.148. The van der Waals surface area contributed by atoms with E-state index in [4.69, 9.17) is 19.2 Å². The van der Waals surface area contributed by atoms with E-state index in [1.165, 1.54) is 11.8 Å². The summed E-state index contributed by atoms with van der Waals surface area (Å²) < 4.78 is 16.3. The van der Waals surface area contributed by atoms with Crippen molar-refractivity contribution < 1.29 is 19.0 Å². The maximum Gasteiger partial charge on any atom is 0.271 e. The summed E-state index contributed by atoms with van der Waals surface area (Å²) in [6, 6.07) is 22.7. The highest BCUT2D eigenvalue weighted by Crippen LogP contribution is 2.41. The molecule has 7 heteroatoms. The predicted octanol–water partition coefficient (Wildman–Crippen LogP) is 5.52. The zero-order valence-electron chi connectivity index (χ0n) is 17.9. The molecule has 3 aromatic carbocycles. The number of amides is 1. The van der Waals surface area contributed by atoms with Gasteiger partial charge >= 0.3 is 0 Å². The van der Waals surface area contributed by atoms with Crippen LogP contribution in [0, 0.1) is 0 Å². The molecule has 0 bridgehead atoms. The Morgan fingerprint density at radius 1 is 0.844 bits per heavy atom. The molecule has 4 rings (SSSR count). The van der Waals surface area contributed by atoms with Gasteiger partial charge in [-0.05, 0) is 59.8 Å². The highest BCUT2D eigenvalue weighted by Gasteiger charge is 2.34. The predicted molar refractivity (Wildman–Crippen MR) is 129 cm³/mol. The Kier molecular flexibility index (Phi) is 6.47. The molecular formula is C25H22N2O4S. The number of carbonyl (C=O) groups excluding carboxylic acids is 1. The van der Waals surface area contributed by atoms with Crippen LogP contribution in [0.25, 0.3) is 6.08 Å². The van der Waals surface area contributed by atoms with Crippen molar-refractivity contribution in [1.82, 2.24) is 0 Å². The lowest BCUT2D eigenvalue weighted by molar-refractivity contribution is -0.113. The molecule has 0 aliphatic carbocycles. The molecule has 1 saturated heterocycles. The number of ether oxygens (including phenoxy) is 3. The number of anilines is 1. The first-order chi connectivity index (χ1) is 15.6. The quantitative estimate of drug-likeness (QED) is 0.467. The average molecular weight is 447 g/mol. The van der Waals surface area contributed by atoms with E-state index in [-0.39, 0.29) is 5.91 Å². The summed E-state index contributed by atoms with van der Waals surface area (Å²) in [6.45, 7) is 0. The van der Waals surface area contributed by atoms with Crippen LogP contribution in [-0.2, 0) is 4.79 Å². The zero-order valence-corrected chi connectivity index (χ0v) is 18.8. The van der Waals surface area contributed by atoms with Gasteiger partial charge < -0.3 is 14.2 Å². The second-order valence-corrected chi connectivity index (χ2v) is 7.78. The van der Waals surface area contributed by atoms with E-state index in [0.29, 0.717) is 27.3 Å². The fourth-order valence-corrected chi connectivity index (χ4v) is 4.30. The van der Waals surface area contributed by atoms with Crippen molar-refractivity contribution in [2.75, 3.05) is 26.2 Å². The van der Waals surface area contributed by atoms with Gasteiger partial charge in [0.2, 0.25) is 5.75 Å².